The number of aromatic amines is 1. The summed E-state index contributed by atoms with van der Waals surface area (Å²) in [5, 5.41) is 6.39. The zero-order valence-electron chi connectivity index (χ0n) is 16.4. The molecule has 2 aromatic carbocycles. The summed E-state index contributed by atoms with van der Waals surface area (Å²) in [6.07, 6.45) is 0. The maximum Gasteiger partial charge on any atom is 0.417 e. The Morgan fingerprint density at radius 2 is 2.10 bits per heavy atom. The third-order valence-corrected chi connectivity index (χ3v) is 5.95. The van der Waals surface area contributed by atoms with Gasteiger partial charge in [0.15, 0.2) is 10.7 Å². The number of H-pyrrole nitrogens is 1. The molecule has 2 N–H and O–H groups in total. The summed E-state index contributed by atoms with van der Waals surface area (Å²) >= 11 is 1.35. The van der Waals surface area contributed by atoms with Crippen molar-refractivity contribution in [3.05, 3.63) is 69.7 Å². The van der Waals surface area contributed by atoms with Crippen molar-refractivity contribution in [3.63, 3.8) is 0 Å². The number of benzene rings is 2. The highest BCUT2D eigenvalue weighted by Gasteiger charge is 2.20. The Morgan fingerprint density at radius 3 is 2.93 bits per heavy atom. The van der Waals surface area contributed by atoms with Gasteiger partial charge in [-0.3, -0.25) is 15.1 Å². The number of nitrogens with one attached hydrogen (secondary N) is 2. The molecule has 0 saturated carbocycles. The largest absolute Gasteiger partial charge is 0.417 e. The van der Waals surface area contributed by atoms with Gasteiger partial charge in [-0.1, -0.05) is 24.3 Å². The minimum absolute atomic E-state index is 0.182. The quantitative estimate of drug-likeness (QED) is 0.439. The number of aryl methyl sites for hydroxylation is 2. The lowest BCUT2D eigenvalue weighted by molar-refractivity contribution is 0.101. The highest BCUT2D eigenvalue weighted by molar-refractivity contribution is 7.14. The Labute approximate surface area is 175 Å². The van der Waals surface area contributed by atoms with Crippen molar-refractivity contribution in [1.82, 2.24) is 14.5 Å². The van der Waals surface area contributed by atoms with Gasteiger partial charge in [-0.15, -0.1) is 11.3 Å². The zero-order chi connectivity index (χ0) is 20.8. The van der Waals surface area contributed by atoms with E-state index in [0.717, 1.165) is 22.0 Å². The van der Waals surface area contributed by atoms with Crippen LogP contribution in [0.25, 0.3) is 33.3 Å². The lowest BCUT2D eigenvalue weighted by Gasteiger charge is -2.08. The van der Waals surface area contributed by atoms with Gasteiger partial charge in [-0.2, -0.15) is 0 Å². The first-order chi connectivity index (χ1) is 14.5. The number of anilines is 1. The van der Waals surface area contributed by atoms with Gasteiger partial charge >= 0.3 is 5.76 Å². The SMILES string of the molecule is CCn1c(C(=O)Nc2nc(-c3ccc4[nH]c(=O)oc4c3)cs2)c(C)c2ccccc21. The fraction of sp³-hybridized carbons (Fsp3) is 0.136. The molecule has 0 radical (unpaired) electrons. The Balaban J connectivity index is 1.46. The molecule has 3 heterocycles. The summed E-state index contributed by atoms with van der Waals surface area (Å²) < 4.78 is 7.14. The van der Waals surface area contributed by atoms with Crippen molar-refractivity contribution in [2.45, 2.75) is 20.4 Å². The third kappa shape index (κ3) is 2.93. The van der Waals surface area contributed by atoms with E-state index in [9.17, 15) is 9.59 Å². The van der Waals surface area contributed by atoms with Crippen LogP contribution >= 0.6 is 11.3 Å². The first-order valence-corrected chi connectivity index (χ1v) is 10.4. The van der Waals surface area contributed by atoms with Gasteiger partial charge in [0.05, 0.1) is 11.2 Å². The van der Waals surface area contributed by atoms with Gasteiger partial charge in [-0.25, -0.2) is 9.78 Å². The van der Waals surface area contributed by atoms with Crippen LogP contribution in [0.15, 0.2) is 57.1 Å². The molecule has 0 aliphatic rings. The maximum atomic E-state index is 13.1. The molecular formula is C22H18N4O3S. The van der Waals surface area contributed by atoms with Crippen LogP contribution in [0.2, 0.25) is 0 Å². The Kier molecular flexibility index (Phi) is 4.29. The highest BCUT2D eigenvalue weighted by atomic mass is 32.1. The van der Waals surface area contributed by atoms with Crippen LogP contribution in [0.4, 0.5) is 5.13 Å². The van der Waals surface area contributed by atoms with Crippen molar-refractivity contribution >= 4 is 44.4 Å². The number of hydrogen-bond acceptors (Lipinski definition) is 5. The van der Waals surface area contributed by atoms with Gasteiger partial charge in [-0.05, 0) is 37.6 Å². The summed E-state index contributed by atoms with van der Waals surface area (Å²) in [6.45, 7) is 4.69. The second-order valence-electron chi connectivity index (χ2n) is 6.95. The molecule has 0 atom stereocenters. The molecule has 1 amide bonds. The van der Waals surface area contributed by atoms with Crippen molar-refractivity contribution in [2.75, 3.05) is 5.32 Å². The molecule has 5 aromatic rings. The molecule has 7 nitrogen and oxygen atoms in total. The smallest absolute Gasteiger partial charge is 0.408 e. The van der Waals surface area contributed by atoms with E-state index in [0.29, 0.717) is 34.2 Å². The number of carbonyl (C=O) groups excluding carboxylic acids is 1. The maximum absolute atomic E-state index is 13.1. The molecule has 5 rings (SSSR count). The van der Waals surface area contributed by atoms with Gasteiger partial charge in [0.2, 0.25) is 0 Å². The first-order valence-electron chi connectivity index (χ1n) is 9.53. The Morgan fingerprint density at radius 1 is 1.27 bits per heavy atom. The van der Waals surface area contributed by atoms with Crippen LogP contribution in [-0.4, -0.2) is 20.4 Å². The van der Waals surface area contributed by atoms with Gasteiger partial charge in [0, 0.05) is 28.4 Å². The third-order valence-electron chi connectivity index (χ3n) is 5.20. The monoisotopic (exact) mass is 418 g/mol. The predicted molar refractivity (Wildman–Crippen MR) is 118 cm³/mol. The summed E-state index contributed by atoms with van der Waals surface area (Å²) in [4.78, 5) is 31.6. The van der Waals surface area contributed by atoms with E-state index >= 15 is 0 Å². The van der Waals surface area contributed by atoms with E-state index in [1.165, 1.54) is 11.3 Å². The van der Waals surface area contributed by atoms with Crippen LogP contribution in [-0.2, 0) is 6.54 Å². The number of carbonyl (C=O) groups is 1. The van der Waals surface area contributed by atoms with Crippen LogP contribution in [0.1, 0.15) is 23.0 Å². The number of oxazole rings is 1. The summed E-state index contributed by atoms with van der Waals surface area (Å²) in [6, 6.07) is 13.4. The lowest BCUT2D eigenvalue weighted by Crippen LogP contribution is -2.17. The van der Waals surface area contributed by atoms with Crippen LogP contribution in [0.3, 0.4) is 0 Å². The Hall–Kier alpha value is -3.65. The molecular weight excluding hydrogens is 400 g/mol. The van der Waals surface area contributed by atoms with E-state index in [1.54, 1.807) is 12.1 Å². The van der Waals surface area contributed by atoms with E-state index in [2.05, 4.69) is 15.3 Å². The average Bonchev–Trinajstić information content (AvgIpc) is 3.42. The molecule has 30 heavy (non-hydrogen) atoms. The second-order valence-corrected chi connectivity index (χ2v) is 7.81. The summed E-state index contributed by atoms with van der Waals surface area (Å²) in [7, 11) is 0. The number of thiazole rings is 1. The molecule has 8 heteroatoms. The minimum atomic E-state index is -0.491. The van der Waals surface area contributed by atoms with E-state index < -0.39 is 5.76 Å². The topological polar surface area (TPSA) is 92.9 Å². The van der Waals surface area contributed by atoms with Crippen molar-refractivity contribution in [3.8, 4) is 11.3 Å². The molecule has 0 unspecified atom stereocenters. The number of rotatable bonds is 4. The predicted octanol–water partition coefficient (Wildman–Crippen LogP) is 4.78. The first kappa shape index (κ1) is 18.4. The van der Waals surface area contributed by atoms with E-state index in [1.807, 2.05) is 54.1 Å². The molecule has 3 aromatic heterocycles. The molecule has 0 saturated heterocycles. The highest BCUT2D eigenvalue weighted by Crippen LogP contribution is 2.29. The number of para-hydroxylation sites is 1. The Bertz CT molecular complexity index is 1470. The lowest BCUT2D eigenvalue weighted by atomic mass is 10.1. The van der Waals surface area contributed by atoms with Crippen LogP contribution in [0.5, 0.6) is 0 Å². The summed E-state index contributed by atoms with van der Waals surface area (Å²) in [5.74, 6) is -0.673. The molecule has 0 bridgehead atoms. The molecule has 0 fully saturated rings. The van der Waals surface area contributed by atoms with Crippen molar-refractivity contribution < 1.29 is 9.21 Å². The number of amides is 1. The van der Waals surface area contributed by atoms with Crippen molar-refractivity contribution in [1.29, 1.82) is 0 Å². The normalized spacial score (nSPS) is 11.4. The number of aromatic nitrogens is 3. The zero-order valence-corrected chi connectivity index (χ0v) is 17.2. The second kappa shape index (κ2) is 7.00. The molecule has 150 valence electrons. The number of hydrogen-bond donors (Lipinski definition) is 2. The van der Waals surface area contributed by atoms with Gasteiger partial charge < -0.3 is 8.98 Å². The van der Waals surface area contributed by atoms with Crippen molar-refractivity contribution in [2.24, 2.45) is 0 Å². The molecule has 0 aliphatic carbocycles. The summed E-state index contributed by atoms with van der Waals surface area (Å²) in [5.41, 5.74) is 5.26. The van der Waals surface area contributed by atoms with E-state index in [4.69, 9.17) is 4.42 Å². The van der Waals surface area contributed by atoms with E-state index in [-0.39, 0.29) is 5.91 Å². The van der Waals surface area contributed by atoms with Crippen LogP contribution < -0.4 is 11.1 Å². The van der Waals surface area contributed by atoms with Gasteiger partial charge in [0.1, 0.15) is 5.69 Å². The molecule has 0 aliphatic heterocycles. The average molecular weight is 418 g/mol. The van der Waals surface area contributed by atoms with Crippen LogP contribution in [0, 0.1) is 6.92 Å². The van der Waals surface area contributed by atoms with Gasteiger partial charge in [0.25, 0.3) is 5.91 Å². The standard InChI is InChI=1S/C22H18N4O3S/c1-3-26-17-7-5-4-6-14(17)12(2)19(26)20(27)25-21-23-16(11-30-21)13-8-9-15-18(10-13)29-22(28)24-15/h4-11H,3H2,1-2H3,(H,24,28)(H,23,25,27). The number of nitrogens with zero attached hydrogens (tertiary/aromatic N) is 2. The minimum Gasteiger partial charge on any atom is -0.408 e. The number of fused-ring (bicyclic) bond motifs is 2. The fourth-order valence-electron chi connectivity index (χ4n) is 3.82. The molecule has 0 spiro atoms. The fourth-order valence-corrected chi connectivity index (χ4v) is 4.54.